The number of rotatable bonds is 2. The third-order valence-corrected chi connectivity index (χ3v) is 4.15. The largest absolute Gasteiger partial charge is 0.290 e. The first-order chi connectivity index (χ1) is 8.36. The highest BCUT2D eigenvalue weighted by molar-refractivity contribution is 7.10. The molecule has 0 saturated carbocycles. The molecule has 0 radical (unpaired) electrons. The average molecular weight is 244 g/mol. The Bertz CT molecular complexity index is 535. The second-order valence-electron chi connectivity index (χ2n) is 4.18. The second-order valence-corrected chi connectivity index (χ2v) is 5.18. The summed E-state index contributed by atoms with van der Waals surface area (Å²) in [5.74, 6) is 0.369. The van der Waals surface area contributed by atoms with Gasteiger partial charge in [-0.3, -0.25) is 4.79 Å². The number of Topliss-reactive ketones (excluding diaryl/α,β-unsaturated/α-hetero) is 1. The molecular formula is C13H12N2OS. The van der Waals surface area contributed by atoms with Crippen LogP contribution in [0.3, 0.4) is 0 Å². The highest BCUT2D eigenvalue weighted by atomic mass is 32.1. The van der Waals surface area contributed by atoms with Gasteiger partial charge in [0.15, 0.2) is 5.82 Å². The minimum atomic E-state index is -0.0348. The van der Waals surface area contributed by atoms with E-state index in [2.05, 4.69) is 21.4 Å². The standard InChI is InChI=1S/C13H12N2OS/c16-12(13-14-6-2-7-15-13)10-3-1-4-11-9(10)5-8-17-11/h2,5-8,10H,1,3-4H2. The van der Waals surface area contributed by atoms with E-state index in [0.29, 0.717) is 5.82 Å². The first kappa shape index (κ1) is 10.6. The van der Waals surface area contributed by atoms with Gasteiger partial charge in [0.05, 0.1) is 5.92 Å². The summed E-state index contributed by atoms with van der Waals surface area (Å²) in [6.07, 6.45) is 6.35. The summed E-state index contributed by atoms with van der Waals surface area (Å²) in [5.41, 5.74) is 1.19. The van der Waals surface area contributed by atoms with Crippen LogP contribution in [0.25, 0.3) is 0 Å². The van der Waals surface area contributed by atoms with Gasteiger partial charge in [-0.2, -0.15) is 0 Å². The van der Waals surface area contributed by atoms with E-state index in [9.17, 15) is 4.79 Å². The molecule has 4 heteroatoms. The van der Waals surface area contributed by atoms with Gasteiger partial charge in [0.1, 0.15) is 0 Å². The van der Waals surface area contributed by atoms with Gasteiger partial charge in [-0.1, -0.05) is 0 Å². The van der Waals surface area contributed by atoms with Crippen LogP contribution >= 0.6 is 11.3 Å². The van der Waals surface area contributed by atoms with Gasteiger partial charge in [-0.15, -0.1) is 11.3 Å². The first-order valence-electron chi connectivity index (χ1n) is 5.74. The molecule has 0 aromatic carbocycles. The SMILES string of the molecule is O=C(c1ncccn1)C1CCCc2sccc21. The Kier molecular flexibility index (Phi) is 2.73. The number of nitrogens with zero attached hydrogens (tertiary/aromatic N) is 2. The monoisotopic (exact) mass is 244 g/mol. The molecule has 0 fully saturated rings. The predicted molar refractivity (Wildman–Crippen MR) is 66.4 cm³/mol. The molecule has 86 valence electrons. The molecule has 2 aromatic rings. The maximum atomic E-state index is 12.3. The number of ketones is 1. The Labute approximate surface area is 104 Å². The molecule has 1 unspecified atom stereocenters. The number of hydrogen-bond donors (Lipinski definition) is 0. The molecule has 2 heterocycles. The van der Waals surface area contributed by atoms with Crippen LogP contribution in [0.4, 0.5) is 0 Å². The van der Waals surface area contributed by atoms with Crippen molar-refractivity contribution >= 4 is 17.1 Å². The van der Waals surface area contributed by atoms with E-state index in [1.165, 1.54) is 10.4 Å². The van der Waals surface area contributed by atoms with Crippen LogP contribution in [0.1, 0.15) is 39.8 Å². The van der Waals surface area contributed by atoms with Crippen LogP contribution in [-0.4, -0.2) is 15.8 Å². The number of fused-ring (bicyclic) bond motifs is 1. The van der Waals surface area contributed by atoms with Crippen molar-refractivity contribution in [3.63, 3.8) is 0 Å². The summed E-state index contributed by atoms with van der Waals surface area (Å²) in [6, 6.07) is 3.80. The molecule has 1 atom stereocenters. The van der Waals surface area contributed by atoms with Crippen LogP contribution in [-0.2, 0) is 6.42 Å². The van der Waals surface area contributed by atoms with E-state index >= 15 is 0 Å². The number of carbonyl (C=O) groups is 1. The summed E-state index contributed by atoms with van der Waals surface area (Å²) in [7, 11) is 0. The lowest BCUT2D eigenvalue weighted by Crippen LogP contribution is -2.19. The highest BCUT2D eigenvalue weighted by Gasteiger charge is 2.29. The normalized spacial score (nSPS) is 18.7. The van der Waals surface area contributed by atoms with E-state index in [4.69, 9.17) is 0 Å². The van der Waals surface area contributed by atoms with Crippen molar-refractivity contribution in [3.05, 3.63) is 46.2 Å². The highest BCUT2D eigenvalue weighted by Crippen LogP contribution is 2.36. The van der Waals surface area contributed by atoms with Crippen LogP contribution < -0.4 is 0 Å². The van der Waals surface area contributed by atoms with Crippen molar-refractivity contribution in [3.8, 4) is 0 Å². The van der Waals surface area contributed by atoms with Crippen molar-refractivity contribution in [1.82, 2.24) is 9.97 Å². The molecule has 17 heavy (non-hydrogen) atoms. The lowest BCUT2D eigenvalue weighted by atomic mass is 9.84. The number of hydrogen-bond acceptors (Lipinski definition) is 4. The van der Waals surface area contributed by atoms with Crippen molar-refractivity contribution in [1.29, 1.82) is 0 Å². The third kappa shape index (κ3) is 1.89. The number of aromatic nitrogens is 2. The van der Waals surface area contributed by atoms with Crippen molar-refractivity contribution in [2.75, 3.05) is 0 Å². The topological polar surface area (TPSA) is 42.9 Å². The fourth-order valence-corrected chi connectivity index (χ4v) is 3.33. The minimum absolute atomic E-state index is 0.0348. The summed E-state index contributed by atoms with van der Waals surface area (Å²) in [4.78, 5) is 21.8. The van der Waals surface area contributed by atoms with Crippen LogP contribution in [0.15, 0.2) is 29.9 Å². The summed E-state index contributed by atoms with van der Waals surface area (Å²) >= 11 is 1.75. The van der Waals surface area contributed by atoms with Gasteiger partial charge in [0, 0.05) is 17.3 Å². The molecule has 0 aliphatic heterocycles. The molecule has 1 aliphatic carbocycles. The zero-order valence-corrected chi connectivity index (χ0v) is 10.1. The zero-order chi connectivity index (χ0) is 11.7. The van der Waals surface area contributed by atoms with Gasteiger partial charge >= 0.3 is 0 Å². The van der Waals surface area contributed by atoms with E-state index in [0.717, 1.165) is 19.3 Å². The molecule has 0 bridgehead atoms. The van der Waals surface area contributed by atoms with Gasteiger partial charge in [-0.05, 0) is 42.3 Å². The van der Waals surface area contributed by atoms with Gasteiger partial charge in [0.25, 0.3) is 0 Å². The molecule has 3 rings (SSSR count). The summed E-state index contributed by atoms with van der Waals surface area (Å²) < 4.78 is 0. The number of thiophene rings is 1. The van der Waals surface area contributed by atoms with Gasteiger partial charge in [0.2, 0.25) is 5.78 Å². The van der Waals surface area contributed by atoms with Crippen LogP contribution in [0.5, 0.6) is 0 Å². The average Bonchev–Trinajstić information content (AvgIpc) is 2.87. The number of carbonyl (C=O) groups excluding carboxylic acids is 1. The van der Waals surface area contributed by atoms with Crippen molar-refractivity contribution < 1.29 is 4.79 Å². The van der Waals surface area contributed by atoms with E-state index in [1.807, 2.05) is 0 Å². The van der Waals surface area contributed by atoms with Crippen molar-refractivity contribution in [2.45, 2.75) is 25.2 Å². The quantitative estimate of drug-likeness (QED) is 0.763. The molecule has 0 spiro atoms. The smallest absolute Gasteiger partial charge is 0.207 e. The fraction of sp³-hybridized carbons (Fsp3) is 0.308. The molecule has 0 saturated heterocycles. The molecule has 0 N–H and O–H groups in total. The predicted octanol–water partition coefficient (Wildman–Crippen LogP) is 2.84. The Balaban J connectivity index is 1.95. The molecule has 1 aliphatic rings. The van der Waals surface area contributed by atoms with Gasteiger partial charge < -0.3 is 0 Å². The summed E-state index contributed by atoms with van der Waals surface area (Å²) in [6.45, 7) is 0. The maximum absolute atomic E-state index is 12.3. The lowest BCUT2D eigenvalue weighted by Gasteiger charge is -2.20. The van der Waals surface area contributed by atoms with E-state index in [1.54, 1.807) is 29.8 Å². The molecule has 0 amide bonds. The molecule has 2 aromatic heterocycles. The van der Waals surface area contributed by atoms with Crippen LogP contribution in [0.2, 0.25) is 0 Å². The Morgan fingerprint density at radius 1 is 1.35 bits per heavy atom. The third-order valence-electron chi connectivity index (χ3n) is 3.15. The summed E-state index contributed by atoms with van der Waals surface area (Å²) in [5, 5.41) is 2.07. The Hall–Kier alpha value is -1.55. The molecular weight excluding hydrogens is 232 g/mol. The Morgan fingerprint density at radius 3 is 3.00 bits per heavy atom. The fourth-order valence-electron chi connectivity index (χ4n) is 2.34. The van der Waals surface area contributed by atoms with Crippen LogP contribution in [0, 0.1) is 0 Å². The first-order valence-corrected chi connectivity index (χ1v) is 6.62. The minimum Gasteiger partial charge on any atom is -0.290 e. The Morgan fingerprint density at radius 2 is 2.18 bits per heavy atom. The second kappa shape index (κ2) is 4.37. The molecule has 3 nitrogen and oxygen atoms in total. The zero-order valence-electron chi connectivity index (χ0n) is 9.30. The lowest BCUT2D eigenvalue weighted by molar-refractivity contribution is 0.0941. The van der Waals surface area contributed by atoms with E-state index in [-0.39, 0.29) is 11.7 Å². The maximum Gasteiger partial charge on any atom is 0.207 e. The van der Waals surface area contributed by atoms with E-state index < -0.39 is 0 Å². The van der Waals surface area contributed by atoms with Crippen molar-refractivity contribution in [2.24, 2.45) is 0 Å². The van der Waals surface area contributed by atoms with Gasteiger partial charge in [-0.25, -0.2) is 9.97 Å². The number of aryl methyl sites for hydroxylation is 1.